The molecule has 2 saturated heterocycles. The van der Waals surface area contributed by atoms with Gasteiger partial charge in [-0.1, -0.05) is 79.9 Å². The Morgan fingerprint density at radius 2 is 1.65 bits per heavy atom. The second-order valence-corrected chi connectivity index (χ2v) is 17.6. The van der Waals surface area contributed by atoms with Gasteiger partial charge in [-0.15, -0.1) is 0 Å². The van der Waals surface area contributed by atoms with E-state index in [1.54, 1.807) is 37.5 Å². The molecule has 2 aliphatic heterocycles. The van der Waals surface area contributed by atoms with Crippen molar-refractivity contribution in [3.63, 3.8) is 0 Å². The van der Waals surface area contributed by atoms with E-state index in [1.165, 1.54) is 49.8 Å². The van der Waals surface area contributed by atoms with Crippen LogP contribution >= 0.6 is 11.6 Å². The lowest BCUT2D eigenvalue weighted by molar-refractivity contribution is -0.134. The van der Waals surface area contributed by atoms with E-state index in [4.69, 9.17) is 21.4 Å². The number of imide groups is 1. The van der Waals surface area contributed by atoms with Gasteiger partial charge in [0.05, 0.1) is 12.1 Å². The number of fused-ring (bicyclic) bond motifs is 1. The minimum Gasteiger partial charge on any atom is -0.393 e. The summed E-state index contributed by atoms with van der Waals surface area (Å²) in [5.41, 5.74) is 6.16. The molecule has 66 heavy (non-hydrogen) atoms. The van der Waals surface area contributed by atoms with Crippen LogP contribution in [0.5, 0.6) is 0 Å². The van der Waals surface area contributed by atoms with Crippen molar-refractivity contribution >= 4 is 52.2 Å². The number of H-pyrrole nitrogens is 1. The number of likely N-dealkylation sites (N-methyl/N-ethyl adjacent to an activating group) is 1. The van der Waals surface area contributed by atoms with Gasteiger partial charge >= 0.3 is 0 Å². The normalized spacial score (nSPS) is 17.1. The Kier molecular flexibility index (Phi) is 20.1. The van der Waals surface area contributed by atoms with E-state index in [0.717, 1.165) is 100 Å². The fraction of sp³-hybridized carbons (Fsp3) is 0.451. The molecule has 0 bridgehead atoms. The molecule has 1 saturated carbocycles. The van der Waals surface area contributed by atoms with Gasteiger partial charge in [-0.25, -0.2) is 13.8 Å². The number of aromatic nitrogens is 3. The first-order valence-electron chi connectivity index (χ1n) is 23.4. The third kappa shape index (κ3) is 16.1. The summed E-state index contributed by atoms with van der Waals surface area (Å²) in [5, 5.41) is 18.2. The maximum Gasteiger partial charge on any atom is 0.243 e. The number of nitrogens with zero attached hydrogens (tertiary/aromatic N) is 4. The number of ether oxygens (including phenoxy) is 1. The lowest BCUT2D eigenvalue weighted by atomic mass is 9.98. The van der Waals surface area contributed by atoms with E-state index in [0.29, 0.717) is 47.3 Å². The lowest BCUT2D eigenvalue weighted by Gasteiger charge is -2.34. The van der Waals surface area contributed by atoms with Crippen molar-refractivity contribution in [1.82, 2.24) is 35.4 Å². The number of benzene rings is 3. The van der Waals surface area contributed by atoms with Gasteiger partial charge in [-0.05, 0) is 106 Å². The number of nitrogens with one attached hydrogen (secondary N) is 4. The van der Waals surface area contributed by atoms with Gasteiger partial charge in [0.2, 0.25) is 17.8 Å². The maximum atomic E-state index is 13.9. The van der Waals surface area contributed by atoms with E-state index in [1.807, 2.05) is 12.3 Å². The summed E-state index contributed by atoms with van der Waals surface area (Å²) in [4.78, 5) is 38.8. The largest absolute Gasteiger partial charge is 0.393 e. The molecular weight excluding hydrogens is 862 g/mol. The fourth-order valence-corrected chi connectivity index (χ4v) is 8.54. The number of piperazine rings is 1. The molecule has 3 aromatic carbocycles. The highest BCUT2D eigenvalue weighted by Gasteiger charge is 2.24. The van der Waals surface area contributed by atoms with Crippen LogP contribution in [0.25, 0.3) is 28.2 Å². The number of carbonyl (C=O) groups excluding carboxylic acids is 2. The molecule has 1 aliphatic carbocycles. The second kappa shape index (κ2) is 26.3. The van der Waals surface area contributed by atoms with Crippen LogP contribution in [0, 0.1) is 11.6 Å². The van der Waals surface area contributed by atoms with E-state index in [-0.39, 0.29) is 29.8 Å². The molecule has 5 aromatic rings. The molecule has 354 valence electrons. The van der Waals surface area contributed by atoms with Gasteiger partial charge in [0.15, 0.2) is 0 Å². The Balaban J connectivity index is 0.000000352. The van der Waals surface area contributed by atoms with E-state index < -0.39 is 5.82 Å². The average molecular weight is 928 g/mol. The van der Waals surface area contributed by atoms with Crippen molar-refractivity contribution in [3.8, 4) is 11.1 Å². The summed E-state index contributed by atoms with van der Waals surface area (Å²) in [7, 11) is 1.71. The highest BCUT2D eigenvalue weighted by Crippen LogP contribution is 2.29. The number of rotatable bonds is 17. The number of aryl methyl sites for hydroxylation is 1. The molecule has 12 nitrogen and oxygen atoms in total. The number of carbonyl (C=O) groups is 2. The van der Waals surface area contributed by atoms with Crippen LogP contribution in [0.2, 0.25) is 5.02 Å². The summed E-state index contributed by atoms with van der Waals surface area (Å²) >= 11 is 5.97. The van der Waals surface area contributed by atoms with Crippen molar-refractivity contribution in [2.75, 3.05) is 58.3 Å². The molecule has 2 amide bonds. The van der Waals surface area contributed by atoms with Crippen LogP contribution in [-0.2, 0) is 27.3 Å². The average Bonchev–Trinajstić information content (AvgIpc) is 3.73. The zero-order valence-electron chi connectivity index (χ0n) is 38.1. The predicted octanol–water partition coefficient (Wildman–Crippen LogP) is 9.20. The van der Waals surface area contributed by atoms with Crippen molar-refractivity contribution < 1.29 is 28.2 Å². The summed E-state index contributed by atoms with van der Waals surface area (Å²) < 4.78 is 33.4. The SMILES string of the molecule is C=Cc1ccc(CCCOCCCCCN2CCN(Cc3ccc(-c4c[nH]c5nc(Nc6cc(F)cc(Cl)c6)ncc45)cc3)CC2)cc1F.CNC1CCC(=O)NC1=O.OC1CCCCC1. The van der Waals surface area contributed by atoms with Crippen molar-refractivity contribution in [2.45, 2.75) is 95.7 Å². The summed E-state index contributed by atoms with van der Waals surface area (Å²) in [6.07, 6.45) is 17.4. The van der Waals surface area contributed by atoms with Gasteiger partial charge in [-0.3, -0.25) is 19.8 Å². The maximum absolute atomic E-state index is 13.9. The van der Waals surface area contributed by atoms with Crippen LogP contribution < -0.4 is 16.0 Å². The molecule has 4 heterocycles. The van der Waals surface area contributed by atoms with Crippen LogP contribution in [0.4, 0.5) is 20.4 Å². The number of amides is 2. The second-order valence-electron chi connectivity index (χ2n) is 17.2. The number of hydrogen-bond acceptors (Lipinski definition) is 10. The first-order chi connectivity index (χ1) is 32.1. The number of aliphatic hydroxyl groups excluding tert-OH is 1. The van der Waals surface area contributed by atoms with E-state index >= 15 is 0 Å². The number of halogens is 3. The monoisotopic (exact) mass is 926 g/mol. The topological polar surface area (TPSA) is 148 Å². The third-order valence-electron chi connectivity index (χ3n) is 12.2. The van der Waals surface area contributed by atoms with Crippen LogP contribution in [0.15, 0.2) is 79.6 Å². The molecule has 1 atom stereocenters. The number of aliphatic hydroxyl groups is 1. The number of unbranched alkanes of at least 4 members (excludes halogenated alkanes) is 2. The van der Waals surface area contributed by atoms with Crippen molar-refractivity contribution in [2.24, 2.45) is 0 Å². The Hall–Kier alpha value is -5.09. The number of piperidine rings is 1. The molecule has 0 spiro atoms. The Bertz CT molecular complexity index is 2290. The standard InChI is InChI=1S/C39H43ClF2N6O.C6H10N2O2.C6H12O/c1-2-30-11-8-28(21-37(30)42)7-6-20-49-19-5-3-4-14-47-15-17-48(18-16-47)27-29-9-12-31(13-10-29)35-25-43-38-36(35)26-44-39(46-38)45-34-23-32(40)22-33(41)24-34;1-7-4-2-3-5(9)8-6(4)10;7-6-4-2-1-3-5-6/h2,8-13,21-26H,1,3-7,14-20,27H2,(H2,43,44,45,46);4,7H,2-3H2,1H3,(H,8,9,10);6-7H,1-5H2. The van der Waals surface area contributed by atoms with Gasteiger partial charge in [0.25, 0.3) is 0 Å². The minimum atomic E-state index is -0.426. The van der Waals surface area contributed by atoms with Gasteiger partial charge in [0, 0.05) is 92.0 Å². The molecule has 8 rings (SSSR count). The Labute approximate surface area is 392 Å². The van der Waals surface area contributed by atoms with Crippen LogP contribution in [0.1, 0.15) is 87.3 Å². The summed E-state index contributed by atoms with van der Waals surface area (Å²) in [5.74, 6) is -0.653. The van der Waals surface area contributed by atoms with Gasteiger partial charge in [0.1, 0.15) is 17.3 Å². The third-order valence-corrected chi connectivity index (χ3v) is 12.4. The first-order valence-corrected chi connectivity index (χ1v) is 23.7. The highest BCUT2D eigenvalue weighted by molar-refractivity contribution is 6.30. The smallest absolute Gasteiger partial charge is 0.243 e. The molecule has 0 radical (unpaired) electrons. The molecule has 3 fully saturated rings. The van der Waals surface area contributed by atoms with Crippen molar-refractivity contribution in [1.29, 1.82) is 0 Å². The molecule has 15 heteroatoms. The van der Waals surface area contributed by atoms with Gasteiger partial charge < -0.3 is 30.4 Å². The molecular formula is C51H65ClF2N8O4. The number of aromatic amines is 1. The molecule has 1 unspecified atom stereocenters. The molecule has 2 aromatic heterocycles. The highest BCUT2D eigenvalue weighted by atomic mass is 35.5. The quantitative estimate of drug-likeness (QED) is 0.0452. The Morgan fingerprint density at radius 1 is 0.909 bits per heavy atom. The fourth-order valence-electron chi connectivity index (χ4n) is 8.32. The van der Waals surface area contributed by atoms with Gasteiger partial charge in [-0.2, -0.15) is 4.98 Å². The Morgan fingerprint density at radius 3 is 2.33 bits per heavy atom. The van der Waals surface area contributed by atoms with Crippen LogP contribution in [-0.4, -0.2) is 107 Å². The number of hydrogen-bond donors (Lipinski definition) is 5. The molecule has 3 aliphatic rings. The van der Waals surface area contributed by atoms with E-state index in [9.17, 15) is 18.4 Å². The first kappa shape index (κ1) is 50.3. The summed E-state index contributed by atoms with van der Waals surface area (Å²) in [6, 6.07) is 18.1. The molecule has 5 N–H and O–H groups in total. The predicted molar refractivity (Wildman–Crippen MR) is 260 cm³/mol. The zero-order chi connectivity index (χ0) is 46.7. The minimum absolute atomic E-state index is 0.0359. The lowest BCUT2D eigenvalue weighted by Crippen LogP contribution is -2.49. The van der Waals surface area contributed by atoms with Crippen molar-refractivity contribution in [3.05, 3.63) is 113 Å². The summed E-state index contributed by atoms with van der Waals surface area (Å²) in [6.45, 7) is 11.6. The van der Waals surface area contributed by atoms with E-state index in [2.05, 4.69) is 71.5 Å². The number of anilines is 2. The zero-order valence-corrected chi connectivity index (χ0v) is 38.9. The van der Waals surface area contributed by atoms with Crippen LogP contribution in [0.3, 0.4) is 0 Å².